The van der Waals surface area contributed by atoms with Crippen molar-refractivity contribution in [3.63, 3.8) is 0 Å². The third-order valence-electron chi connectivity index (χ3n) is 2.73. The van der Waals surface area contributed by atoms with Gasteiger partial charge in [0.2, 0.25) is 5.91 Å². The van der Waals surface area contributed by atoms with Gasteiger partial charge in [-0.25, -0.2) is 9.59 Å². The van der Waals surface area contributed by atoms with Crippen molar-refractivity contribution in [1.29, 1.82) is 0 Å². The highest BCUT2D eigenvalue weighted by molar-refractivity contribution is 8.00. The quantitative estimate of drug-likeness (QED) is 0.584. The summed E-state index contributed by atoms with van der Waals surface area (Å²) < 4.78 is 4.66. The van der Waals surface area contributed by atoms with E-state index in [1.807, 2.05) is 6.26 Å². The second-order valence-corrected chi connectivity index (χ2v) is 6.29. The molecule has 0 spiro atoms. The van der Waals surface area contributed by atoms with Gasteiger partial charge < -0.3 is 20.5 Å². The Labute approximate surface area is 131 Å². The molecular weight excluding hydrogens is 316 g/mol. The molecule has 7 nitrogen and oxygen atoms in total. The van der Waals surface area contributed by atoms with Crippen molar-refractivity contribution in [2.24, 2.45) is 0 Å². The highest BCUT2D eigenvalue weighted by atomic mass is 32.2. The van der Waals surface area contributed by atoms with Crippen LogP contribution in [0.1, 0.15) is 6.92 Å². The first-order valence-corrected chi connectivity index (χ1v) is 8.52. The van der Waals surface area contributed by atoms with Crippen LogP contribution in [0, 0.1) is 0 Å². The third kappa shape index (κ3) is 4.85. The third-order valence-corrected chi connectivity index (χ3v) is 4.63. The summed E-state index contributed by atoms with van der Waals surface area (Å²) in [6.07, 6.45) is 1.89. The van der Waals surface area contributed by atoms with E-state index in [1.165, 1.54) is 37.6 Å². The number of carbonyl (C=O) groups excluding carboxylic acids is 2. The second kappa shape index (κ2) is 8.18. The molecule has 0 aromatic carbocycles. The van der Waals surface area contributed by atoms with E-state index in [9.17, 15) is 19.5 Å². The van der Waals surface area contributed by atoms with Gasteiger partial charge in [0, 0.05) is 18.4 Å². The van der Waals surface area contributed by atoms with Gasteiger partial charge in [-0.3, -0.25) is 4.79 Å². The Hall–Kier alpha value is -1.35. The van der Waals surface area contributed by atoms with Crippen molar-refractivity contribution < 1.29 is 24.2 Å². The summed E-state index contributed by atoms with van der Waals surface area (Å²) in [7, 11) is 1.22. The summed E-state index contributed by atoms with van der Waals surface area (Å²) in [5.41, 5.74) is 0.857. The van der Waals surface area contributed by atoms with Crippen molar-refractivity contribution in [2.45, 2.75) is 18.3 Å². The van der Waals surface area contributed by atoms with Gasteiger partial charge >= 0.3 is 11.9 Å². The Morgan fingerprint density at radius 3 is 2.71 bits per heavy atom. The minimum absolute atomic E-state index is 0.0901. The summed E-state index contributed by atoms with van der Waals surface area (Å²) in [5.74, 6) is -1.00. The Morgan fingerprint density at radius 1 is 1.57 bits per heavy atom. The molecule has 3 N–H and O–H groups in total. The smallest absolute Gasteiger partial charge is 0.351 e. The lowest BCUT2D eigenvalue weighted by Gasteiger charge is -2.31. The monoisotopic (exact) mass is 334 g/mol. The number of carboxylic acid groups (broad SMARTS) is 1. The highest BCUT2D eigenvalue weighted by Gasteiger charge is 2.35. The summed E-state index contributed by atoms with van der Waals surface area (Å²) in [6.45, 7) is 1.29. The molecular formula is C12H18N2O5S2. The molecule has 0 saturated heterocycles. The molecule has 1 heterocycles. The molecule has 0 unspecified atom stereocenters. The van der Waals surface area contributed by atoms with Gasteiger partial charge in [-0.15, -0.1) is 11.8 Å². The van der Waals surface area contributed by atoms with Crippen LogP contribution in [0.3, 0.4) is 0 Å². The molecule has 0 aromatic heterocycles. The number of methoxy groups -OCH3 is 1. The summed E-state index contributed by atoms with van der Waals surface area (Å²) in [6, 6.07) is -0.942. The van der Waals surface area contributed by atoms with Gasteiger partial charge in [0.05, 0.1) is 7.11 Å². The second-order valence-electron chi connectivity index (χ2n) is 4.29. The van der Waals surface area contributed by atoms with Crippen molar-refractivity contribution in [3.05, 3.63) is 11.3 Å². The fourth-order valence-electron chi connectivity index (χ4n) is 1.83. The number of esters is 1. The number of carboxylic acids is 1. The van der Waals surface area contributed by atoms with Crippen LogP contribution in [0.4, 0.5) is 0 Å². The first kappa shape index (κ1) is 17.7. The zero-order chi connectivity index (χ0) is 16.0. The van der Waals surface area contributed by atoms with Crippen LogP contribution in [0.2, 0.25) is 0 Å². The molecule has 1 aliphatic heterocycles. The van der Waals surface area contributed by atoms with Gasteiger partial charge in [-0.05, 0) is 11.8 Å². The number of rotatable bonds is 6. The Bertz CT molecular complexity index is 467. The molecule has 2 atom stereocenters. The molecule has 0 bridgehead atoms. The molecule has 1 rings (SSSR count). The molecule has 1 amide bonds. The zero-order valence-corrected chi connectivity index (χ0v) is 13.6. The van der Waals surface area contributed by atoms with Crippen LogP contribution >= 0.6 is 23.5 Å². The summed E-state index contributed by atoms with van der Waals surface area (Å²) in [4.78, 5) is 34.3. The lowest BCUT2D eigenvalue weighted by molar-refractivity contribution is -0.145. The van der Waals surface area contributed by atoms with Crippen molar-refractivity contribution >= 4 is 41.4 Å². The molecule has 0 aliphatic carbocycles. The average Bonchev–Trinajstić information content (AvgIpc) is 2.44. The molecule has 9 heteroatoms. The van der Waals surface area contributed by atoms with E-state index < -0.39 is 23.4 Å². The van der Waals surface area contributed by atoms with E-state index in [2.05, 4.69) is 15.4 Å². The standard InChI is InChI=1S/C12H18N2O5S2/c1-6(15)13-9(12(18)19-2)10-14-8(11(16)17)7(4-20-3)5-21-10/h9-10,14H,4-5H2,1-3H3,(H,13,15)(H,16,17)/t9-,10+/m0/s1. The van der Waals surface area contributed by atoms with Crippen LogP contribution in [-0.4, -0.2) is 59.2 Å². The van der Waals surface area contributed by atoms with E-state index in [-0.39, 0.29) is 11.6 Å². The summed E-state index contributed by atoms with van der Waals surface area (Å²) >= 11 is 2.89. The predicted octanol–water partition coefficient (Wildman–Crippen LogP) is 0.0283. The van der Waals surface area contributed by atoms with E-state index in [1.54, 1.807) is 0 Å². The van der Waals surface area contributed by atoms with Gasteiger partial charge in [-0.2, -0.15) is 11.8 Å². The molecule has 1 aliphatic rings. The Balaban J connectivity index is 2.96. The first-order chi connectivity index (χ1) is 9.90. The fourth-order valence-corrected chi connectivity index (χ4v) is 3.76. The summed E-state index contributed by atoms with van der Waals surface area (Å²) in [5, 5.41) is 14.0. The van der Waals surface area contributed by atoms with Gasteiger partial charge in [0.25, 0.3) is 0 Å². The van der Waals surface area contributed by atoms with Crippen molar-refractivity contribution in [2.75, 3.05) is 24.9 Å². The molecule has 0 aromatic rings. The number of hydrogen-bond acceptors (Lipinski definition) is 7. The Kier molecular flexibility index (Phi) is 6.90. The van der Waals surface area contributed by atoms with Crippen LogP contribution in [-0.2, 0) is 19.1 Å². The van der Waals surface area contributed by atoms with Gasteiger partial charge in [0.15, 0.2) is 6.04 Å². The molecule has 118 valence electrons. The topological polar surface area (TPSA) is 105 Å². The SMILES string of the molecule is COC(=O)[C@@H](NC(C)=O)[C@@H]1NC(C(=O)O)=C(CSC)CS1. The minimum Gasteiger partial charge on any atom is -0.477 e. The lowest BCUT2D eigenvalue weighted by atomic mass is 10.2. The molecule has 0 radical (unpaired) electrons. The van der Waals surface area contributed by atoms with Crippen molar-refractivity contribution in [1.82, 2.24) is 10.6 Å². The van der Waals surface area contributed by atoms with Crippen molar-refractivity contribution in [3.8, 4) is 0 Å². The highest BCUT2D eigenvalue weighted by Crippen LogP contribution is 2.26. The predicted molar refractivity (Wildman–Crippen MR) is 82.0 cm³/mol. The maximum Gasteiger partial charge on any atom is 0.351 e. The number of amides is 1. The van der Waals surface area contributed by atoms with Crippen LogP contribution in [0.15, 0.2) is 11.3 Å². The van der Waals surface area contributed by atoms with Crippen LogP contribution < -0.4 is 10.6 Å². The number of hydrogen-bond donors (Lipinski definition) is 3. The molecule has 0 saturated carbocycles. The first-order valence-electron chi connectivity index (χ1n) is 6.08. The number of ether oxygens (including phenoxy) is 1. The largest absolute Gasteiger partial charge is 0.477 e. The minimum atomic E-state index is -1.07. The Morgan fingerprint density at radius 2 is 2.24 bits per heavy atom. The van der Waals surface area contributed by atoms with E-state index in [0.29, 0.717) is 11.5 Å². The maximum atomic E-state index is 11.8. The normalized spacial score (nSPS) is 19.5. The molecule has 0 fully saturated rings. The fraction of sp³-hybridized carbons (Fsp3) is 0.583. The van der Waals surface area contributed by atoms with Crippen LogP contribution in [0.25, 0.3) is 0 Å². The number of carbonyl (C=O) groups is 3. The number of nitrogens with one attached hydrogen (secondary N) is 2. The van der Waals surface area contributed by atoms with E-state index >= 15 is 0 Å². The van der Waals surface area contributed by atoms with Gasteiger partial charge in [-0.1, -0.05) is 0 Å². The zero-order valence-electron chi connectivity index (χ0n) is 12.0. The number of thioether (sulfide) groups is 2. The maximum absolute atomic E-state index is 11.8. The van der Waals surface area contributed by atoms with Gasteiger partial charge in [0.1, 0.15) is 11.1 Å². The molecule has 21 heavy (non-hydrogen) atoms. The average molecular weight is 334 g/mol. The number of aliphatic carboxylic acids is 1. The lowest BCUT2D eigenvalue weighted by Crippen LogP contribution is -2.54. The van der Waals surface area contributed by atoms with Crippen LogP contribution in [0.5, 0.6) is 0 Å². The van der Waals surface area contributed by atoms with E-state index in [4.69, 9.17) is 0 Å². The van der Waals surface area contributed by atoms with E-state index in [0.717, 1.165) is 5.57 Å².